The van der Waals surface area contributed by atoms with E-state index in [1.807, 2.05) is 51.4 Å². The summed E-state index contributed by atoms with van der Waals surface area (Å²) in [6.45, 7) is 4.16. The summed E-state index contributed by atoms with van der Waals surface area (Å²) < 4.78 is 5.85. The average Bonchev–Trinajstić information content (AvgIpc) is 3.31. The first-order chi connectivity index (χ1) is 17.3. The average molecular weight is 487 g/mol. The molecule has 0 saturated heterocycles. The van der Waals surface area contributed by atoms with Crippen molar-refractivity contribution in [2.75, 3.05) is 29.7 Å². The summed E-state index contributed by atoms with van der Waals surface area (Å²) in [7, 11) is 3.68. The quantitative estimate of drug-likeness (QED) is 0.195. The van der Waals surface area contributed by atoms with E-state index in [1.54, 1.807) is 30.0 Å². The van der Waals surface area contributed by atoms with Crippen molar-refractivity contribution in [1.29, 1.82) is 0 Å². The number of rotatable bonds is 9. The fraction of sp³-hybridized carbons (Fsp3) is 0.200. The lowest BCUT2D eigenvalue weighted by atomic mass is 10.0. The maximum Gasteiger partial charge on any atom is 0.273 e. The van der Waals surface area contributed by atoms with Gasteiger partial charge >= 0.3 is 0 Å². The first kappa shape index (κ1) is 24.3. The lowest BCUT2D eigenvalue weighted by molar-refractivity contribution is -0.385. The number of hydrogen-bond donors (Lipinski definition) is 2. The van der Waals surface area contributed by atoms with Gasteiger partial charge in [-0.3, -0.25) is 10.1 Å². The van der Waals surface area contributed by atoms with Gasteiger partial charge in [0.25, 0.3) is 5.69 Å². The topological polar surface area (TPSA) is 135 Å². The second-order valence-electron chi connectivity index (χ2n) is 8.30. The molecule has 36 heavy (non-hydrogen) atoms. The van der Waals surface area contributed by atoms with E-state index in [0.29, 0.717) is 41.1 Å². The minimum absolute atomic E-state index is 0.0482. The molecular formula is C25H26N8O3. The number of hydrogen-bond acceptors (Lipinski definition) is 10. The van der Waals surface area contributed by atoms with Gasteiger partial charge in [0.15, 0.2) is 0 Å². The van der Waals surface area contributed by atoms with Crippen LogP contribution in [0.1, 0.15) is 22.5 Å². The summed E-state index contributed by atoms with van der Waals surface area (Å²) in [5.41, 5.74) is 6.09. The second-order valence-corrected chi connectivity index (χ2v) is 8.30. The monoisotopic (exact) mass is 486 g/mol. The van der Waals surface area contributed by atoms with Crippen molar-refractivity contribution in [3.05, 3.63) is 87.2 Å². The number of furan rings is 1. The number of hydrazone groups is 1. The molecule has 11 nitrogen and oxygen atoms in total. The van der Waals surface area contributed by atoms with Gasteiger partial charge in [0.1, 0.15) is 11.5 Å². The van der Waals surface area contributed by atoms with Crippen LogP contribution in [-0.2, 0) is 6.54 Å². The maximum atomic E-state index is 11.3. The van der Waals surface area contributed by atoms with E-state index < -0.39 is 4.92 Å². The zero-order valence-corrected chi connectivity index (χ0v) is 20.4. The minimum atomic E-state index is -0.396. The molecule has 4 rings (SSSR count). The largest absolute Gasteiger partial charge is 0.455 e. The number of benzene rings is 2. The van der Waals surface area contributed by atoms with Crippen molar-refractivity contribution < 1.29 is 9.34 Å². The van der Waals surface area contributed by atoms with Crippen LogP contribution in [0.4, 0.5) is 23.5 Å². The van der Waals surface area contributed by atoms with Crippen molar-refractivity contribution in [3.63, 3.8) is 0 Å². The van der Waals surface area contributed by atoms with Gasteiger partial charge in [-0.2, -0.15) is 20.1 Å². The number of anilines is 3. The molecule has 0 bridgehead atoms. The standard InChI is InChI=1S/C25H26N8O3/c1-16-12-17(2)21(33(34)35)13-20(16)22-11-10-19(36-22)15-27-31-24-28-23(29-25(30-24)32(3)4)26-14-18-8-6-5-7-9-18/h5-13,15H,14H2,1-4H3,(H2,26,28,29,30,31)/b27-15-. The molecule has 0 amide bonds. The molecule has 0 radical (unpaired) electrons. The molecular weight excluding hydrogens is 460 g/mol. The molecule has 0 aliphatic rings. The van der Waals surface area contributed by atoms with E-state index >= 15 is 0 Å². The van der Waals surface area contributed by atoms with Crippen molar-refractivity contribution in [3.8, 4) is 11.3 Å². The Balaban J connectivity index is 1.49. The number of nitrogens with zero attached hydrogens (tertiary/aromatic N) is 6. The van der Waals surface area contributed by atoms with Gasteiger partial charge in [-0.05, 0) is 43.2 Å². The molecule has 2 aromatic heterocycles. The lowest BCUT2D eigenvalue weighted by Crippen LogP contribution is -2.16. The van der Waals surface area contributed by atoms with Crippen molar-refractivity contribution in [2.24, 2.45) is 5.10 Å². The van der Waals surface area contributed by atoms with Crippen molar-refractivity contribution in [1.82, 2.24) is 15.0 Å². The van der Waals surface area contributed by atoms with Gasteiger partial charge in [0.05, 0.1) is 11.1 Å². The van der Waals surface area contributed by atoms with Gasteiger partial charge in [0.2, 0.25) is 17.8 Å². The summed E-state index contributed by atoms with van der Waals surface area (Å²) in [5, 5.41) is 18.7. The SMILES string of the molecule is Cc1cc(C)c([N+](=O)[O-])cc1-c1ccc(/C=N\Nc2nc(NCc3ccccc3)nc(N(C)C)n2)o1. The van der Waals surface area contributed by atoms with E-state index in [1.165, 1.54) is 12.3 Å². The molecule has 2 N–H and O–H groups in total. The normalized spacial score (nSPS) is 11.0. The van der Waals surface area contributed by atoms with E-state index in [-0.39, 0.29) is 11.6 Å². The Morgan fingerprint density at radius 2 is 1.78 bits per heavy atom. The molecule has 0 unspecified atom stereocenters. The van der Waals surface area contributed by atoms with Crippen molar-refractivity contribution >= 4 is 29.7 Å². The number of nitro benzene ring substituents is 1. The summed E-state index contributed by atoms with van der Waals surface area (Å²) in [5.74, 6) is 2.11. The third-order valence-electron chi connectivity index (χ3n) is 5.31. The Morgan fingerprint density at radius 1 is 1.03 bits per heavy atom. The van der Waals surface area contributed by atoms with Gasteiger partial charge in [-0.15, -0.1) is 0 Å². The van der Waals surface area contributed by atoms with E-state index in [9.17, 15) is 10.1 Å². The van der Waals surface area contributed by atoms with Crippen LogP contribution in [-0.4, -0.2) is 40.2 Å². The molecule has 0 aliphatic carbocycles. The number of nitro groups is 1. The lowest BCUT2D eigenvalue weighted by Gasteiger charge is -2.13. The van der Waals surface area contributed by atoms with Crippen LogP contribution in [0.5, 0.6) is 0 Å². The zero-order chi connectivity index (χ0) is 25.7. The van der Waals surface area contributed by atoms with E-state index in [2.05, 4.69) is 30.8 Å². The molecule has 0 spiro atoms. The van der Waals surface area contributed by atoms with Crippen LogP contribution in [0.2, 0.25) is 0 Å². The summed E-state index contributed by atoms with van der Waals surface area (Å²) in [6, 6.07) is 16.7. The summed E-state index contributed by atoms with van der Waals surface area (Å²) in [4.78, 5) is 25.9. The molecule has 2 aromatic carbocycles. The summed E-state index contributed by atoms with van der Waals surface area (Å²) in [6.07, 6.45) is 1.48. The highest BCUT2D eigenvalue weighted by atomic mass is 16.6. The Labute approximate surface area is 208 Å². The smallest absolute Gasteiger partial charge is 0.273 e. The molecule has 4 aromatic rings. The fourth-order valence-corrected chi connectivity index (χ4v) is 3.49. The van der Waals surface area contributed by atoms with Crippen LogP contribution in [0.3, 0.4) is 0 Å². The van der Waals surface area contributed by atoms with Crippen LogP contribution in [0, 0.1) is 24.0 Å². The molecule has 0 fully saturated rings. The molecule has 0 saturated carbocycles. The van der Waals surface area contributed by atoms with Gasteiger partial charge < -0.3 is 14.6 Å². The predicted molar refractivity (Wildman–Crippen MR) is 139 cm³/mol. The molecule has 0 atom stereocenters. The highest BCUT2D eigenvalue weighted by Crippen LogP contribution is 2.31. The second kappa shape index (κ2) is 10.6. The third kappa shape index (κ3) is 5.81. The van der Waals surface area contributed by atoms with E-state index in [0.717, 1.165) is 11.1 Å². The summed E-state index contributed by atoms with van der Waals surface area (Å²) >= 11 is 0. The van der Waals surface area contributed by atoms with Crippen LogP contribution >= 0.6 is 0 Å². The van der Waals surface area contributed by atoms with Gasteiger partial charge in [0, 0.05) is 37.8 Å². The van der Waals surface area contributed by atoms with Crippen LogP contribution in [0.15, 0.2) is 64.1 Å². The first-order valence-corrected chi connectivity index (χ1v) is 11.2. The van der Waals surface area contributed by atoms with E-state index in [4.69, 9.17) is 4.42 Å². The first-order valence-electron chi connectivity index (χ1n) is 11.2. The van der Waals surface area contributed by atoms with Crippen molar-refractivity contribution in [2.45, 2.75) is 20.4 Å². The molecule has 0 aliphatic heterocycles. The molecule has 11 heteroatoms. The third-order valence-corrected chi connectivity index (χ3v) is 5.31. The van der Waals surface area contributed by atoms with Gasteiger partial charge in [-0.1, -0.05) is 30.3 Å². The Bertz CT molecular complexity index is 1400. The highest BCUT2D eigenvalue weighted by molar-refractivity contribution is 5.78. The number of nitrogens with one attached hydrogen (secondary N) is 2. The minimum Gasteiger partial charge on any atom is -0.455 e. The predicted octanol–water partition coefficient (Wildman–Crippen LogP) is 4.78. The van der Waals surface area contributed by atoms with Crippen LogP contribution < -0.4 is 15.6 Å². The van der Waals surface area contributed by atoms with Crippen LogP contribution in [0.25, 0.3) is 11.3 Å². The Hall–Kier alpha value is -4.80. The maximum absolute atomic E-state index is 11.3. The Morgan fingerprint density at radius 3 is 2.50 bits per heavy atom. The molecule has 184 valence electrons. The molecule has 2 heterocycles. The number of aromatic nitrogens is 3. The highest BCUT2D eigenvalue weighted by Gasteiger charge is 2.16. The fourth-order valence-electron chi connectivity index (χ4n) is 3.49. The Kier molecular flexibility index (Phi) is 7.19. The number of aryl methyl sites for hydroxylation is 2. The zero-order valence-electron chi connectivity index (χ0n) is 20.4. The van der Waals surface area contributed by atoms with Gasteiger partial charge in [-0.25, -0.2) is 5.43 Å².